The van der Waals surface area contributed by atoms with E-state index in [-0.39, 0.29) is 0 Å². The highest BCUT2D eigenvalue weighted by atomic mass is 15.1. The number of pyridine rings is 1. The number of hydrogen-bond donors (Lipinski definition) is 0. The molecule has 0 N–H and O–H groups in total. The monoisotopic (exact) mass is 289 g/mol. The molecule has 0 aliphatic rings. The summed E-state index contributed by atoms with van der Waals surface area (Å²) in [5.41, 5.74) is 6.73. The molecule has 3 nitrogen and oxygen atoms in total. The van der Waals surface area contributed by atoms with Crippen LogP contribution in [0.5, 0.6) is 0 Å². The summed E-state index contributed by atoms with van der Waals surface area (Å²) in [6.07, 6.45) is 5.49. The first-order valence-electron chi connectivity index (χ1n) is 7.69. The highest BCUT2D eigenvalue weighted by molar-refractivity contribution is 5.83. The minimum atomic E-state index is 0.892. The maximum Gasteiger partial charge on any atom is 0.101 e. The second-order valence-corrected chi connectivity index (χ2v) is 5.16. The normalized spacial score (nSPS) is 10.6. The van der Waals surface area contributed by atoms with Gasteiger partial charge in [-0.25, -0.2) is 0 Å². The molecule has 110 valence electrons. The van der Waals surface area contributed by atoms with E-state index in [1.807, 2.05) is 42.7 Å². The van der Waals surface area contributed by atoms with E-state index in [4.69, 9.17) is 0 Å². The van der Waals surface area contributed by atoms with Crippen molar-refractivity contribution in [3.8, 4) is 22.4 Å². The largest absolute Gasteiger partial charge is 0.265 e. The van der Waals surface area contributed by atoms with Crippen molar-refractivity contribution in [3.63, 3.8) is 0 Å². The molecule has 0 radical (unpaired) electrons. The third kappa shape index (κ3) is 2.62. The van der Waals surface area contributed by atoms with Crippen LogP contribution in [0.15, 0.2) is 54.9 Å². The zero-order valence-electron chi connectivity index (χ0n) is 13.0. The minimum absolute atomic E-state index is 0.892. The summed E-state index contributed by atoms with van der Waals surface area (Å²) in [5.74, 6) is 0. The Hall–Kier alpha value is -2.55. The van der Waals surface area contributed by atoms with Crippen molar-refractivity contribution in [2.24, 2.45) is 0 Å². The van der Waals surface area contributed by atoms with Crippen LogP contribution in [-0.4, -0.2) is 15.2 Å². The molecule has 1 aromatic carbocycles. The van der Waals surface area contributed by atoms with Crippen LogP contribution in [0.25, 0.3) is 22.4 Å². The zero-order chi connectivity index (χ0) is 15.4. The molecule has 2 heterocycles. The zero-order valence-corrected chi connectivity index (χ0v) is 13.0. The summed E-state index contributed by atoms with van der Waals surface area (Å²) >= 11 is 0. The SMILES string of the molecule is CCc1nnc(-c2ccccc2)c(-c2ccncc2)c1CC. The van der Waals surface area contributed by atoms with Gasteiger partial charge >= 0.3 is 0 Å². The van der Waals surface area contributed by atoms with Crippen LogP contribution in [0.3, 0.4) is 0 Å². The van der Waals surface area contributed by atoms with Gasteiger partial charge in [0.1, 0.15) is 5.69 Å². The highest BCUT2D eigenvalue weighted by Crippen LogP contribution is 2.34. The van der Waals surface area contributed by atoms with Crippen LogP contribution in [0.1, 0.15) is 25.1 Å². The lowest BCUT2D eigenvalue weighted by Gasteiger charge is -2.16. The molecule has 3 heteroatoms. The summed E-state index contributed by atoms with van der Waals surface area (Å²) in [6.45, 7) is 4.30. The average Bonchev–Trinajstić information content (AvgIpc) is 2.61. The van der Waals surface area contributed by atoms with Gasteiger partial charge in [-0.05, 0) is 36.1 Å². The third-order valence-corrected chi connectivity index (χ3v) is 3.86. The Bertz CT molecular complexity index is 752. The van der Waals surface area contributed by atoms with Gasteiger partial charge in [-0.3, -0.25) is 4.98 Å². The van der Waals surface area contributed by atoms with Crippen molar-refractivity contribution in [1.29, 1.82) is 0 Å². The van der Waals surface area contributed by atoms with Gasteiger partial charge in [-0.2, -0.15) is 5.10 Å². The number of aromatic nitrogens is 3. The van der Waals surface area contributed by atoms with Crippen molar-refractivity contribution in [2.45, 2.75) is 26.7 Å². The molecule has 0 aliphatic heterocycles. The van der Waals surface area contributed by atoms with E-state index in [2.05, 4.69) is 41.2 Å². The Balaban J connectivity index is 2.31. The Morgan fingerprint density at radius 1 is 0.773 bits per heavy atom. The van der Waals surface area contributed by atoms with Crippen LogP contribution < -0.4 is 0 Å². The van der Waals surface area contributed by atoms with Gasteiger partial charge < -0.3 is 0 Å². The van der Waals surface area contributed by atoms with Crippen LogP contribution in [0.2, 0.25) is 0 Å². The van der Waals surface area contributed by atoms with E-state index in [9.17, 15) is 0 Å². The van der Waals surface area contributed by atoms with Crippen LogP contribution >= 0.6 is 0 Å². The lowest BCUT2D eigenvalue weighted by molar-refractivity contribution is 0.885. The number of nitrogens with zero attached hydrogens (tertiary/aromatic N) is 3. The first-order chi connectivity index (χ1) is 10.8. The number of rotatable bonds is 4. The van der Waals surface area contributed by atoms with Gasteiger partial charge in [0.2, 0.25) is 0 Å². The average molecular weight is 289 g/mol. The minimum Gasteiger partial charge on any atom is -0.265 e. The summed E-state index contributed by atoms with van der Waals surface area (Å²) in [7, 11) is 0. The first-order valence-corrected chi connectivity index (χ1v) is 7.69. The van der Waals surface area contributed by atoms with Gasteiger partial charge in [0.15, 0.2) is 0 Å². The molecule has 0 atom stereocenters. The molecule has 0 saturated carbocycles. The van der Waals surface area contributed by atoms with E-state index in [0.29, 0.717) is 0 Å². The molecule has 0 bridgehead atoms. The smallest absolute Gasteiger partial charge is 0.101 e. The quantitative estimate of drug-likeness (QED) is 0.717. The van der Waals surface area contributed by atoms with Gasteiger partial charge in [0.05, 0.1) is 5.69 Å². The predicted molar refractivity (Wildman–Crippen MR) is 89.5 cm³/mol. The lowest BCUT2D eigenvalue weighted by atomic mass is 9.93. The fourth-order valence-electron chi connectivity index (χ4n) is 2.80. The molecule has 0 saturated heterocycles. The molecule has 0 unspecified atom stereocenters. The van der Waals surface area contributed by atoms with Crippen LogP contribution in [-0.2, 0) is 12.8 Å². The Morgan fingerprint density at radius 3 is 2.14 bits per heavy atom. The van der Waals surface area contributed by atoms with E-state index >= 15 is 0 Å². The molecule has 0 amide bonds. The van der Waals surface area contributed by atoms with E-state index in [1.54, 1.807) is 0 Å². The fraction of sp³-hybridized carbons (Fsp3) is 0.211. The van der Waals surface area contributed by atoms with Gasteiger partial charge in [0.25, 0.3) is 0 Å². The van der Waals surface area contributed by atoms with Crippen LogP contribution in [0.4, 0.5) is 0 Å². The first kappa shape index (κ1) is 14.4. The second-order valence-electron chi connectivity index (χ2n) is 5.16. The van der Waals surface area contributed by atoms with Gasteiger partial charge in [-0.15, -0.1) is 5.10 Å². The van der Waals surface area contributed by atoms with E-state index in [1.165, 1.54) is 11.1 Å². The topological polar surface area (TPSA) is 38.7 Å². The molecule has 2 aromatic heterocycles. The van der Waals surface area contributed by atoms with Gasteiger partial charge in [-0.1, -0.05) is 44.2 Å². The highest BCUT2D eigenvalue weighted by Gasteiger charge is 2.17. The second kappa shape index (κ2) is 6.48. The van der Waals surface area contributed by atoms with Crippen molar-refractivity contribution in [3.05, 3.63) is 66.1 Å². The number of benzene rings is 1. The van der Waals surface area contributed by atoms with Crippen molar-refractivity contribution in [2.75, 3.05) is 0 Å². The number of hydrogen-bond acceptors (Lipinski definition) is 3. The van der Waals surface area contributed by atoms with Crippen molar-refractivity contribution >= 4 is 0 Å². The summed E-state index contributed by atoms with van der Waals surface area (Å²) in [6, 6.07) is 14.3. The van der Waals surface area contributed by atoms with E-state index < -0.39 is 0 Å². The molecular weight excluding hydrogens is 270 g/mol. The van der Waals surface area contributed by atoms with E-state index in [0.717, 1.165) is 35.4 Å². The molecule has 0 fully saturated rings. The Morgan fingerprint density at radius 2 is 1.50 bits per heavy atom. The molecule has 3 aromatic rings. The standard InChI is InChI=1S/C19H19N3/c1-3-16-17(4-2)21-22-19(15-8-6-5-7-9-15)18(16)14-10-12-20-13-11-14/h5-13H,3-4H2,1-2H3. The molecular formula is C19H19N3. The third-order valence-electron chi connectivity index (χ3n) is 3.86. The molecule has 22 heavy (non-hydrogen) atoms. The predicted octanol–water partition coefficient (Wildman–Crippen LogP) is 4.33. The summed E-state index contributed by atoms with van der Waals surface area (Å²) in [4.78, 5) is 4.14. The summed E-state index contributed by atoms with van der Waals surface area (Å²) in [5, 5.41) is 9.00. The van der Waals surface area contributed by atoms with Gasteiger partial charge in [0, 0.05) is 23.5 Å². The van der Waals surface area contributed by atoms with Crippen LogP contribution in [0, 0.1) is 0 Å². The van der Waals surface area contributed by atoms with Crippen molar-refractivity contribution in [1.82, 2.24) is 15.2 Å². The Labute approximate surface area is 131 Å². The maximum atomic E-state index is 4.53. The van der Waals surface area contributed by atoms with Crippen molar-refractivity contribution < 1.29 is 0 Å². The lowest BCUT2D eigenvalue weighted by Crippen LogP contribution is -2.04. The summed E-state index contributed by atoms with van der Waals surface area (Å²) < 4.78 is 0. The molecule has 0 spiro atoms. The number of aryl methyl sites for hydroxylation is 1. The Kier molecular flexibility index (Phi) is 4.24. The fourth-order valence-corrected chi connectivity index (χ4v) is 2.80. The molecule has 3 rings (SSSR count). The molecule has 0 aliphatic carbocycles. The maximum absolute atomic E-state index is 4.53.